The zero-order valence-electron chi connectivity index (χ0n) is 13.8. The highest BCUT2D eigenvalue weighted by Gasteiger charge is 2.31. The highest BCUT2D eigenvalue weighted by molar-refractivity contribution is 7.89. The average Bonchev–Trinajstić information content (AvgIpc) is 2.63. The molecule has 1 unspecified atom stereocenters. The van der Waals surface area contributed by atoms with E-state index in [4.69, 9.17) is 4.74 Å². The molecule has 0 aliphatic carbocycles. The fourth-order valence-corrected chi connectivity index (χ4v) is 4.30. The Morgan fingerprint density at radius 2 is 2.00 bits per heavy atom. The van der Waals surface area contributed by atoms with Crippen LogP contribution in [0.15, 0.2) is 47.6 Å². The van der Waals surface area contributed by atoms with Gasteiger partial charge in [0.2, 0.25) is 10.0 Å². The first-order chi connectivity index (χ1) is 12.0. The van der Waals surface area contributed by atoms with Crippen LogP contribution in [0.5, 0.6) is 6.01 Å². The zero-order chi connectivity index (χ0) is 17.9. The van der Waals surface area contributed by atoms with Crippen LogP contribution in [0.1, 0.15) is 30.1 Å². The summed E-state index contributed by atoms with van der Waals surface area (Å²) in [5.74, 6) is -0.168. The number of Topliss-reactive ketones (excluding diaryl/α,β-unsaturated/α-hetero) is 1. The summed E-state index contributed by atoms with van der Waals surface area (Å²) < 4.78 is 32.9. The van der Waals surface area contributed by atoms with Crippen LogP contribution in [-0.4, -0.2) is 47.7 Å². The van der Waals surface area contributed by atoms with Gasteiger partial charge in [0.05, 0.1) is 11.4 Å². The molecule has 7 nitrogen and oxygen atoms in total. The summed E-state index contributed by atoms with van der Waals surface area (Å²) in [5, 5.41) is 0. The van der Waals surface area contributed by atoms with Crippen molar-refractivity contribution in [3.63, 3.8) is 0 Å². The van der Waals surface area contributed by atoms with Gasteiger partial charge < -0.3 is 4.74 Å². The van der Waals surface area contributed by atoms with Crippen LogP contribution >= 0.6 is 0 Å². The molecule has 0 N–H and O–H groups in total. The van der Waals surface area contributed by atoms with Crippen molar-refractivity contribution in [3.05, 3.63) is 48.3 Å². The van der Waals surface area contributed by atoms with Crippen LogP contribution in [-0.2, 0) is 10.0 Å². The molecule has 25 heavy (non-hydrogen) atoms. The number of carbonyl (C=O) groups is 1. The number of hydrogen-bond acceptors (Lipinski definition) is 6. The Labute approximate surface area is 146 Å². The van der Waals surface area contributed by atoms with Gasteiger partial charge in [0, 0.05) is 24.5 Å². The first-order valence-electron chi connectivity index (χ1n) is 8.01. The van der Waals surface area contributed by atoms with Crippen molar-refractivity contribution in [3.8, 4) is 6.01 Å². The molecule has 0 bridgehead atoms. The van der Waals surface area contributed by atoms with E-state index in [9.17, 15) is 13.2 Å². The number of sulfonamides is 1. The van der Waals surface area contributed by atoms with Crippen LogP contribution in [0.4, 0.5) is 0 Å². The molecule has 0 radical (unpaired) electrons. The highest BCUT2D eigenvalue weighted by Crippen LogP contribution is 2.23. The summed E-state index contributed by atoms with van der Waals surface area (Å²) in [4.78, 5) is 19.7. The number of hydrogen-bond donors (Lipinski definition) is 0. The molecule has 3 rings (SSSR count). The van der Waals surface area contributed by atoms with Crippen molar-refractivity contribution in [1.82, 2.24) is 14.3 Å². The highest BCUT2D eigenvalue weighted by atomic mass is 32.2. The molecule has 2 aromatic rings. The van der Waals surface area contributed by atoms with Crippen molar-refractivity contribution in [2.75, 3.05) is 13.1 Å². The third-order valence-corrected chi connectivity index (χ3v) is 5.89. The van der Waals surface area contributed by atoms with E-state index in [1.807, 2.05) is 0 Å². The Morgan fingerprint density at radius 3 is 2.72 bits per heavy atom. The summed E-state index contributed by atoms with van der Waals surface area (Å²) in [6, 6.07) is 8.04. The van der Waals surface area contributed by atoms with Crippen molar-refractivity contribution < 1.29 is 17.9 Å². The normalized spacial score (nSPS) is 18.7. The number of aromatic nitrogens is 2. The molecule has 8 heteroatoms. The maximum Gasteiger partial charge on any atom is 0.316 e. The minimum absolute atomic E-state index is 0.122. The number of nitrogens with zero attached hydrogens (tertiary/aromatic N) is 3. The lowest BCUT2D eigenvalue weighted by atomic mass is 10.1. The molecule has 0 saturated carbocycles. The van der Waals surface area contributed by atoms with Crippen LogP contribution in [0.2, 0.25) is 0 Å². The number of piperidine rings is 1. The van der Waals surface area contributed by atoms with Gasteiger partial charge in [-0.3, -0.25) is 4.79 Å². The van der Waals surface area contributed by atoms with Crippen molar-refractivity contribution >= 4 is 15.8 Å². The molecule has 0 amide bonds. The molecule has 1 aliphatic rings. The molecule has 2 heterocycles. The van der Waals surface area contributed by atoms with E-state index in [0.717, 1.165) is 6.42 Å². The topological polar surface area (TPSA) is 89.5 Å². The molecule has 1 atom stereocenters. The standard InChI is InChI=1S/C17H19N3O4S/c1-13(21)14-5-2-7-16(11-14)25(22,23)20-10-3-6-15(12-20)24-17-18-8-4-9-19-17/h2,4-5,7-9,11,15H,3,6,10,12H2,1H3. The van der Waals surface area contributed by atoms with Crippen LogP contribution in [0, 0.1) is 0 Å². The average molecular weight is 361 g/mol. The first kappa shape index (κ1) is 17.5. The third kappa shape index (κ3) is 4.02. The number of carbonyl (C=O) groups excluding carboxylic acids is 1. The van der Waals surface area contributed by atoms with Gasteiger partial charge in [-0.1, -0.05) is 12.1 Å². The SMILES string of the molecule is CC(=O)c1cccc(S(=O)(=O)N2CCCC(Oc3ncccn3)C2)c1. The van der Waals surface area contributed by atoms with E-state index in [1.54, 1.807) is 30.6 Å². The Balaban J connectivity index is 1.78. The second-order valence-electron chi connectivity index (χ2n) is 5.86. The second kappa shape index (κ2) is 7.28. The van der Waals surface area contributed by atoms with Gasteiger partial charge in [-0.25, -0.2) is 18.4 Å². The van der Waals surface area contributed by atoms with Crippen molar-refractivity contribution in [2.45, 2.75) is 30.8 Å². The fraction of sp³-hybridized carbons (Fsp3) is 0.353. The lowest BCUT2D eigenvalue weighted by molar-refractivity contribution is 0.101. The van der Waals surface area contributed by atoms with Gasteiger partial charge in [0.15, 0.2) is 5.78 Å². The lowest BCUT2D eigenvalue weighted by Gasteiger charge is -2.31. The van der Waals surface area contributed by atoms with E-state index in [0.29, 0.717) is 18.5 Å². The van der Waals surface area contributed by atoms with E-state index in [-0.39, 0.29) is 29.3 Å². The summed E-state index contributed by atoms with van der Waals surface area (Å²) in [6.07, 6.45) is 4.27. The molecule has 0 spiro atoms. The van der Waals surface area contributed by atoms with Crippen LogP contribution < -0.4 is 4.74 Å². The van der Waals surface area contributed by atoms with Crippen LogP contribution in [0.3, 0.4) is 0 Å². The van der Waals surface area contributed by atoms with Gasteiger partial charge in [0.25, 0.3) is 0 Å². The third-order valence-electron chi connectivity index (χ3n) is 4.03. The number of rotatable bonds is 5. The predicted octanol–water partition coefficient (Wildman–Crippen LogP) is 1.91. The molecule has 1 saturated heterocycles. The molecular formula is C17H19N3O4S. The van der Waals surface area contributed by atoms with E-state index < -0.39 is 10.0 Å². The summed E-state index contributed by atoms with van der Waals surface area (Å²) in [5.41, 5.74) is 0.378. The number of ketones is 1. The molecule has 1 aromatic carbocycles. The second-order valence-corrected chi connectivity index (χ2v) is 7.80. The van der Waals surface area contributed by atoms with Crippen molar-refractivity contribution in [2.24, 2.45) is 0 Å². The number of ether oxygens (including phenoxy) is 1. The Bertz CT molecular complexity index is 855. The van der Waals surface area contributed by atoms with Gasteiger partial charge >= 0.3 is 6.01 Å². The first-order valence-corrected chi connectivity index (χ1v) is 9.45. The zero-order valence-corrected chi connectivity index (χ0v) is 14.6. The number of benzene rings is 1. The maximum absolute atomic E-state index is 12.9. The summed E-state index contributed by atoms with van der Waals surface area (Å²) >= 11 is 0. The van der Waals surface area contributed by atoms with E-state index in [1.165, 1.54) is 23.4 Å². The lowest BCUT2D eigenvalue weighted by Crippen LogP contribution is -2.44. The quantitative estimate of drug-likeness (QED) is 0.756. The summed E-state index contributed by atoms with van der Waals surface area (Å²) in [7, 11) is -3.68. The maximum atomic E-state index is 12.9. The Morgan fingerprint density at radius 1 is 1.24 bits per heavy atom. The van der Waals surface area contributed by atoms with Crippen molar-refractivity contribution in [1.29, 1.82) is 0 Å². The van der Waals surface area contributed by atoms with Gasteiger partial charge in [-0.15, -0.1) is 0 Å². The smallest absolute Gasteiger partial charge is 0.316 e. The predicted molar refractivity (Wildman–Crippen MR) is 90.9 cm³/mol. The van der Waals surface area contributed by atoms with Gasteiger partial charge in [-0.2, -0.15) is 4.31 Å². The fourth-order valence-electron chi connectivity index (χ4n) is 2.74. The molecule has 1 aromatic heterocycles. The molecule has 1 fully saturated rings. The van der Waals surface area contributed by atoms with E-state index >= 15 is 0 Å². The largest absolute Gasteiger partial charge is 0.459 e. The minimum Gasteiger partial charge on any atom is -0.459 e. The van der Waals surface area contributed by atoms with E-state index in [2.05, 4.69) is 9.97 Å². The Kier molecular flexibility index (Phi) is 5.10. The molecule has 132 valence electrons. The summed E-state index contributed by atoms with van der Waals surface area (Å²) in [6.45, 7) is 2.06. The molecular weight excluding hydrogens is 342 g/mol. The minimum atomic E-state index is -3.68. The van der Waals surface area contributed by atoms with Gasteiger partial charge in [0.1, 0.15) is 6.10 Å². The van der Waals surface area contributed by atoms with Crippen LogP contribution in [0.25, 0.3) is 0 Å². The monoisotopic (exact) mass is 361 g/mol. The van der Waals surface area contributed by atoms with Gasteiger partial charge in [-0.05, 0) is 38.0 Å². The molecule has 1 aliphatic heterocycles. The Hall–Kier alpha value is -2.32.